The van der Waals surface area contributed by atoms with E-state index < -0.39 is 11.6 Å². The summed E-state index contributed by atoms with van der Waals surface area (Å²) in [4.78, 5) is 3.90. The van der Waals surface area contributed by atoms with Gasteiger partial charge < -0.3 is 5.32 Å². The van der Waals surface area contributed by atoms with Crippen LogP contribution in [0, 0.1) is 23.0 Å². The number of hydrogen-bond donors (Lipinski definition) is 1. The van der Waals surface area contributed by atoms with Crippen molar-refractivity contribution in [1.82, 2.24) is 4.98 Å². The minimum Gasteiger partial charge on any atom is -0.336 e. The molecule has 0 fully saturated rings. The van der Waals surface area contributed by atoms with Crippen molar-refractivity contribution in [2.75, 3.05) is 5.32 Å². The third kappa shape index (κ3) is 2.39. The van der Waals surface area contributed by atoms with E-state index in [2.05, 4.69) is 10.3 Å². The number of anilines is 2. The Labute approximate surface area is 107 Å². The molecule has 1 N–H and O–H groups in total. The van der Waals surface area contributed by atoms with Gasteiger partial charge in [-0.2, -0.15) is 5.26 Å². The number of halogens is 3. The number of nitrogens with one attached hydrogen (secondary N) is 1. The molecular weight excluding hydrogens is 260 g/mol. The lowest BCUT2D eigenvalue weighted by Gasteiger charge is -2.09. The van der Waals surface area contributed by atoms with Gasteiger partial charge >= 0.3 is 0 Å². The van der Waals surface area contributed by atoms with Gasteiger partial charge in [0, 0.05) is 12.3 Å². The first-order valence-corrected chi connectivity index (χ1v) is 5.26. The molecule has 18 heavy (non-hydrogen) atoms. The minimum absolute atomic E-state index is 0.117. The third-order valence-corrected chi connectivity index (χ3v) is 2.48. The van der Waals surface area contributed by atoms with Crippen LogP contribution in [0.2, 0.25) is 5.02 Å². The summed E-state index contributed by atoms with van der Waals surface area (Å²) in [5, 5.41) is 11.3. The summed E-state index contributed by atoms with van der Waals surface area (Å²) in [7, 11) is 0. The summed E-state index contributed by atoms with van der Waals surface area (Å²) in [6.07, 6.45) is 1.44. The molecule has 2 aromatic rings. The fraction of sp³-hybridized carbons (Fsp3) is 0. The fourth-order valence-corrected chi connectivity index (χ4v) is 1.62. The highest BCUT2D eigenvalue weighted by Crippen LogP contribution is 2.29. The molecule has 0 radical (unpaired) electrons. The standard InChI is InChI=1S/C12H6ClF2N3/c13-9-4-8(14)5-10(15)11(9)18-12-7(6-16)2-1-3-17-12/h1-5H,(H,17,18). The van der Waals surface area contributed by atoms with E-state index in [4.69, 9.17) is 16.9 Å². The van der Waals surface area contributed by atoms with Crippen LogP contribution in [-0.4, -0.2) is 4.98 Å². The first kappa shape index (κ1) is 12.3. The van der Waals surface area contributed by atoms with Crippen molar-refractivity contribution in [3.05, 3.63) is 52.7 Å². The van der Waals surface area contributed by atoms with Crippen LogP contribution in [0.4, 0.5) is 20.3 Å². The molecule has 6 heteroatoms. The average Bonchev–Trinajstić information content (AvgIpc) is 2.34. The number of rotatable bonds is 2. The summed E-state index contributed by atoms with van der Waals surface area (Å²) in [5.74, 6) is -1.47. The first-order valence-electron chi connectivity index (χ1n) is 4.88. The van der Waals surface area contributed by atoms with Gasteiger partial charge in [-0.05, 0) is 18.2 Å². The van der Waals surface area contributed by atoms with E-state index in [0.717, 1.165) is 6.07 Å². The number of benzene rings is 1. The molecule has 0 bridgehead atoms. The van der Waals surface area contributed by atoms with Crippen molar-refractivity contribution >= 4 is 23.1 Å². The van der Waals surface area contributed by atoms with Crippen LogP contribution in [-0.2, 0) is 0 Å². The van der Waals surface area contributed by atoms with Crippen LogP contribution >= 0.6 is 11.6 Å². The molecule has 1 aromatic heterocycles. The molecular formula is C12H6ClF2N3. The predicted octanol–water partition coefficient (Wildman–Crippen LogP) is 3.63. The second-order valence-electron chi connectivity index (χ2n) is 3.38. The van der Waals surface area contributed by atoms with E-state index in [1.54, 1.807) is 6.07 Å². The molecule has 0 amide bonds. The van der Waals surface area contributed by atoms with E-state index in [1.165, 1.54) is 12.3 Å². The lowest BCUT2D eigenvalue weighted by atomic mass is 10.2. The number of aromatic nitrogens is 1. The van der Waals surface area contributed by atoms with Gasteiger partial charge in [0.1, 0.15) is 17.7 Å². The van der Waals surface area contributed by atoms with Crippen molar-refractivity contribution in [2.24, 2.45) is 0 Å². The maximum atomic E-state index is 13.5. The lowest BCUT2D eigenvalue weighted by molar-refractivity contribution is 0.586. The zero-order chi connectivity index (χ0) is 13.1. The molecule has 0 saturated heterocycles. The van der Waals surface area contributed by atoms with Gasteiger partial charge in [-0.25, -0.2) is 13.8 Å². The summed E-state index contributed by atoms with van der Waals surface area (Å²) < 4.78 is 26.4. The van der Waals surface area contributed by atoms with Gasteiger partial charge in [0.25, 0.3) is 0 Å². The topological polar surface area (TPSA) is 48.7 Å². The number of nitriles is 1. The first-order chi connectivity index (χ1) is 8.61. The molecule has 0 spiro atoms. The highest BCUT2D eigenvalue weighted by molar-refractivity contribution is 6.33. The molecule has 1 heterocycles. The quantitative estimate of drug-likeness (QED) is 0.902. The highest BCUT2D eigenvalue weighted by atomic mass is 35.5. The molecule has 0 saturated carbocycles. The Morgan fingerprint density at radius 3 is 2.78 bits per heavy atom. The summed E-state index contributed by atoms with van der Waals surface area (Å²) in [6.45, 7) is 0. The van der Waals surface area contributed by atoms with Crippen molar-refractivity contribution in [2.45, 2.75) is 0 Å². The lowest BCUT2D eigenvalue weighted by Crippen LogP contribution is -2.00. The summed E-state index contributed by atoms with van der Waals surface area (Å²) >= 11 is 5.73. The van der Waals surface area contributed by atoms with Crippen molar-refractivity contribution < 1.29 is 8.78 Å². The van der Waals surface area contributed by atoms with Crippen LogP contribution in [0.15, 0.2) is 30.5 Å². The van der Waals surface area contributed by atoms with Gasteiger partial charge in [-0.3, -0.25) is 0 Å². The molecule has 1 aromatic carbocycles. The van der Waals surface area contributed by atoms with Crippen LogP contribution in [0.25, 0.3) is 0 Å². The Balaban J connectivity index is 2.44. The van der Waals surface area contributed by atoms with Crippen LogP contribution in [0.5, 0.6) is 0 Å². The predicted molar refractivity (Wildman–Crippen MR) is 63.6 cm³/mol. The zero-order valence-corrected chi connectivity index (χ0v) is 9.67. The van der Waals surface area contributed by atoms with E-state index in [9.17, 15) is 8.78 Å². The largest absolute Gasteiger partial charge is 0.336 e. The van der Waals surface area contributed by atoms with Crippen molar-refractivity contribution in [3.63, 3.8) is 0 Å². The maximum Gasteiger partial charge on any atom is 0.151 e. The van der Waals surface area contributed by atoms with Gasteiger partial charge in [-0.15, -0.1) is 0 Å². The van der Waals surface area contributed by atoms with Crippen molar-refractivity contribution in [1.29, 1.82) is 5.26 Å². The van der Waals surface area contributed by atoms with Crippen LogP contribution in [0.1, 0.15) is 5.56 Å². The SMILES string of the molecule is N#Cc1cccnc1Nc1c(F)cc(F)cc1Cl. The monoisotopic (exact) mass is 265 g/mol. The Bertz CT molecular complexity index is 614. The second kappa shape index (κ2) is 4.98. The Morgan fingerprint density at radius 1 is 1.33 bits per heavy atom. The Morgan fingerprint density at radius 2 is 2.11 bits per heavy atom. The number of nitrogens with zero attached hydrogens (tertiary/aromatic N) is 2. The Kier molecular flexibility index (Phi) is 3.40. The van der Waals surface area contributed by atoms with Gasteiger partial charge in [0.2, 0.25) is 0 Å². The van der Waals surface area contributed by atoms with Crippen LogP contribution < -0.4 is 5.32 Å². The normalized spacial score (nSPS) is 9.89. The fourth-order valence-electron chi connectivity index (χ4n) is 1.38. The zero-order valence-electron chi connectivity index (χ0n) is 8.92. The van der Waals surface area contributed by atoms with E-state index in [0.29, 0.717) is 6.07 Å². The molecule has 0 atom stereocenters. The molecule has 3 nitrogen and oxygen atoms in total. The van der Waals surface area contributed by atoms with Crippen molar-refractivity contribution in [3.8, 4) is 6.07 Å². The average molecular weight is 266 g/mol. The molecule has 90 valence electrons. The smallest absolute Gasteiger partial charge is 0.151 e. The van der Waals surface area contributed by atoms with E-state index in [-0.39, 0.29) is 22.1 Å². The minimum atomic E-state index is -0.852. The van der Waals surface area contributed by atoms with Gasteiger partial charge in [0.05, 0.1) is 16.3 Å². The van der Waals surface area contributed by atoms with E-state index in [1.807, 2.05) is 6.07 Å². The maximum absolute atomic E-state index is 13.5. The number of hydrogen-bond acceptors (Lipinski definition) is 3. The van der Waals surface area contributed by atoms with Gasteiger partial charge in [0.15, 0.2) is 5.82 Å². The third-order valence-electron chi connectivity index (χ3n) is 2.18. The molecule has 0 aliphatic carbocycles. The van der Waals surface area contributed by atoms with E-state index >= 15 is 0 Å². The molecule has 0 aliphatic heterocycles. The highest BCUT2D eigenvalue weighted by Gasteiger charge is 2.12. The van der Waals surface area contributed by atoms with Crippen LogP contribution in [0.3, 0.4) is 0 Å². The molecule has 2 rings (SSSR count). The van der Waals surface area contributed by atoms with Gasteiger partial charge in [-0.1, -0.05) is 11.6 Å². The second-order valence-corrected chi connectivity index (χ2v) is 3.79. The molecule has 0 unspecified atom stereocenters. The Hall–Kier alpha value is -2.19. The summed E-state index contributed by atoms with van der Waals surface area (Å²) in [5.41, 5.74) is 0.116. The number of pyridine rings is 1. The summed E-state index contributed by atoms with van der Waals surface area (Å²) in [6, 6.07) is 6.67. The molecule has 0 aliphatic rings.